The summed E-state index contributed by atoms with van der Waals surface area (Å²) in [6.07, 6.45) is 1.69. The molecule has 7 nitrogen and oxygen atoms in total. The number of esters is 1. The van der Waals surface area contributed by atoms with E-state index in [1.807, 2.05) is 23.6 Å². The van der Waals surface area contributed by atoms with Crippen LogP contribution >= 0.6 is 27.3 Å². The molecule has 0 saturated carbocycles. The van der Waals surface area contributed by atoms with Crippen LogP contribution in [0.4, 0.5) is 0 Å². The summed E-state index contributed by atoms with van der Waals surface area (Å²) in [5.41, 5.74) is 2.07. The highest BCUT2D eigenvalue weighted by Gasteiger charge is 2.13. The molecule has 0 radical (unpaired) electrons. The van der Waals surface area contributed by atoms with E-state index in [0.717, 1.165) is 20.7 Å². The normalized spacial score (nSPS) is 10.6. The number of nitrogens with zero attached hydrogens (tertiary/aromatic N) is 3. The molecule has 0 bridgehead atoms. The minimum atomic E-state index is -0.621. The molecule has 0 amide bonds. The van der Waals surface area contributed by atoms with E-state index in [0.29, 0.717) is 11.3 Å². The Morgan fingerprint density at radius 2 is 1.81 bits per heavy atom. The number of para-hydroxylation sites is 1. The molecule has 0 spiro atoms. The number of carbonyl (C=O) groups excluding carboxylic acids is 2. The number of hydrogen-bond acceptors (Lipinski definition) is 7. The van der Waals surface area contributed by atoms with Crippen LogP contribution in [0.2, 0.25) is 0 Å². The minimum Gasteiger partial charge on any atom is -0.481 e. The van der Waals surface area contributed by atoms with Gasteiger partial charge in [-0.15, -0.1) is 16.4 Å². The lowest BCUT2D eigenvalue weighted by Gasteiger charge is -2.08. The van der Waals surface area contributed by atoms with Crippen molar-refractivity contribution in [3.8, 4) is 22.0 Å². The van der Waals surface area contributed by atoms with Crippen molar-refractivity contribution in [3.05, 3.63) is 82.3 Å². The van der Waals surface area contributed by atoms with Crippen LogP contribution in [0.15, 0.2) is 76.7 Å². The highest BCUT2D eigenvalue weighted by Crippen LogP contribution is 2.26. The van der Waals surface area contributed by atoms with Crippen LogP contribution < -0.4 is 4.74 Å². The van der Waals surface area contributed by atoms with Crippen molar-refractivity contribution in [1.29, 1.82) is 0 Å². The Morgan fingerprint density at radius 3 is 2.55 bits per heavy atom. The largest absolute Gasteiger partial charge is 0.481 e. The van der Waals surface area contributed by atoms with Crippen LogP contribution in [0.3, 0.4) is 0 Å². The predicted octanol–water partition coefficient (Wildman–Crippen LogP) is 4.56. The average Bonchev–Trinajstić information content (AvgIpc) is 3.49. The summed E-state index contributed by atoms with van der Waals surface area (Å²) in [7, 11) is 0. The molecule has 2 heterocycles. The number of hydrogen-bond donors (Lipinski definition) is 0. The maximum atomic E-state index is 12.4. The number of rotatable bonds is 8. The van der Waals surface area contributed by atoms with Gasteiger partial charge in [0.15, 0.2) is 19.0 Å². The molecule has 2 aromatic heterocycles. The SMILES string of the molecule is O=C(COc1ccccc1Br)OCC(=O)c1ccc(-n2nncc2-c2cccs2)cc1. The Hall–Kier alpha value is -3.30. The summed E-state index contributed by atoms with van der Waals surface area (Å²) >= 11 is 4.93. The van der Waals surface area contributed by atoms with E-state index in [9.17, 15) is 9.59 Å². The molecule has 2 aromatic carbocycles. The fraction of sp³-hybridized carbons (Fsp3) is 0.0909. The number of halogens is 1. The number of ether oxygens (including phenoxy) is 2. The van der Waals surface area contributed by atoms with Gasteiger partial charge in [0, 0.05) is 5.56 Å². The first-order valence-corrected chi connectivity index (χ1v) is 10.9. The van der Waals surface area contributed by atoms with E-state index in [-0.39, 0.29) is 19.0 Å². The van der Waals surface area contributed by atoms with Crippen molar-refractivity contribution in [2.75, 3.05) is 13.2 Å². The standard InChI is InChI=1S/C22H16BrN3O4S/c23-17-4-1-2-5-20(17)29-14-22(28)30-13-19(27)15-7-9-16(10-8-15)26-18(12-24-25-26)21-6-3-11-31-21/h1-12H,13-14H2. The van der Waals surface area contributed by atoms with Crippen molar-refractivity contribution < 1.29 is 19.1 Å². The van der Waals surface area contributed by atoms with E-state index in [2.05, 4.69) is 26.2 Å². The third-order valence-corrected chi connectivity index (χ3v) is 5.85. The van der Waals surface area contributed by atoms with E-state index in [4.69, 9.17) is 9.47 Å². The van der Waals surface area contributed by atoms with Crippen molar-refractivity contribution in [2.24, 2.45) is 0 Å². The van der Waals surface area contributed by atoms with Crippen molar-refractivity contribution in [3.63, 3.8) is 0 Å². The van der Waals surface area contributed by atoms with Gasteiger partial charge in [-0.25, -0.2) is 9.48 Å². The zero-order valence-electron chi connectivity index (χ0n) is 16.1. The Kier molecular flexibility index (Phi) is 6.54. The van der Waals surface area contributed by atoms with E-state index in [1.54, 1.807) is 64.7 Å². The Bertz CT molecular complexity index is 1190. The summed E-state index contributed by atoms with van der Waals surface area (Å²) in [6.45, 7) is -0.645. The van der Waals surface area contributed by atoms with Crippen LogP contribution in [0.5, 0.6) is 5.75 Å². The molecule has 0 atom stereocenters. The number of ketones is 1. The predicted molar refractivity (Wildman–Crippen MR) is 120 cm³/mol. The number of thiophene rings is 1. The molecule has 0 N–H and O–H groups in total. The summed E-state index contributed by atoms with van der Waals surface area (Å²) < 4.78 is 12.9. The zero-order chi connectivity index (χ0) is 21.6. The van der Waals surface area contributed by atoms with Crippen molar-refractivity contribution >= 4 is 39.0 Å². The first kappa shape index (κ1) is 21.0. The monoisotopic (exact) mass is 497 g/mol. The molecule has 156 valence electrons. The van der Waals surface area contributed by atoms with Crippen LogP contribution in [-0.2, 0) is 9.53 Å². The summed E-state index contributed by atoms with van der Waals surface area (Å²) in [5.74, 6) is -0.404. The van der Waals surface area contributed by atoms with Gasteiger partial charge < -0.3 is 9.47 Å². The smallest absolute Gasteiger partial charge is 0.344 e. The topological polar surface area (TPSA) is 83.3 Å². The lowest BCUT2D eigenvalue weighted by atomic mass is 10.1. The second-order valence-corrected chi connectivity index (χ2v) is 8.16. The number of carbonyl (C=O) groups is 2. The van der Waals surface area contributed by atoms with Crippen LogP contribution in [0.1, 0.15) is 10.4 Å². The van der Waals surface area contributed by atoms with Gasteiger partial charge in [0.25, 0.3) is 0 Å². The zero-order valence-corrected chi connectivity index (χ0v) is 18.5. The fourth-order valence-electron chi connectivity index (χ4n) is 2.78. The van der Waals surface area contributed by atoms with Gasteiger partial charge in [-0.05, 0) is 63.8 Å². The molecule has 0 fully saturated rings. The molecule has 0 aliphatic heterocycles. The first-order chi connectivity index (χ1) is 15.1. The highest BCUT2D eigenvalue weighted by molar-refractivity contribution is 9.10. The molecular formula is C22H16BrN3O4S. The number of benzene rings is 2. The maximum absolute atomic E-state index is 12.4. The summed E-state index contributed by atoms with van der Waals surface area (Å²) in [4.78, 5) is 25.3. The Labute approximate surface area is 190 Å². The second-order valence-electron chi connectivity index (χ2n) is 6.36. The third-order valence-electron chi connectivity index (χ3n) is 4.30. The molecule has 9 heteroatoms. The Balaban J connectivity index is 1.33. The lowest BCUT2D eigenvalue weighted by molar-refractivity contribution is -0.144. The quantitative estimate of drug-likeness (QED) is 0.262. The van der Waals surface area contributed by atoms with E-state index >= 15 is 0 Å². The molecule has 0 saturated heterocycles. The van der Waals surface area contributed by atoms with Gasteiger partial charge in [-0.3, -0.25) is 4.79 Å². The van der Waals surface area contributed by atoms with Crippen LogP contribution in [0.25, 0.3) is 16.3 Å². The molecule has 31 heavy (non-hydrogen) atoms. The molecule has 0 unspecified atom stereocenters. The van der Waals surface area contributed by atoms with Gasteiger partial charge in [0.05, 0.1) is 21.2 Å². The maximum Gasteiger partial charge on any atom is 0.344 e. The summed E-state index contributed by atoms with van der Waals surface area (Å²) in [5, 5.41) is 10.1. The van der Waals surface area contributed by atoms with E-state index in [1.165, 1.54) is 0 Å². The van der Waals surface area contributed by atoms with E-state index < -0.39 is 5.97 Å². The second kappa shape index (κ2) is 9.67. The number of aromatic nitrogens is 3. The molecule has 4 aromatic rings. The Morgan fingerprint density at radius 1 is 1.00 bits per heavy atom. The molecule has 0 aliphatic rings. The highest BCUT2D eigenvalue weighted by atomic mass is 79.9. The molecule has 0 aliphatic carbocycles. The van der Waals surface area contributed by atoms with Gasteiger partial charge in [0.2, 0.25) is 0 Å². The number of Topliss-reactive ketones (excluding diaryl/α,β-unsaturated/α-hetero) is 1. The van der Waals surface area contributed by atoms with Gasteiger partial charge in [-0.1, -0.05) is 23.4 Å². The van der Waals surface area contributed by atoms with Crippen LogP contribution in [-0.4, -0.2) is 40.0 Å². The fourth-order valence-corrected chi connectivity index (χ4v) is 3.90. The first-order valence-electron chi connectivity index (χ1n) is 9.23. The van der Waals surface area contributed by atoms with Gasteiger partial charge in [-0.2, -0.15) is 0 Å². The van der Waals surface area contributed by atoms with Crippen molar-refractivity contribution in [1.82, 2.24) is 15.0 Å². The van der Waals surface area contributed by atoms with Gasteiger partial charge >= 0.3 is 5.97 Å². The molecule has 4 rings (SSSR count). The van der Waals surface area contributed by atoms with Crippen LogP contribution in [0, 0.1) is 0 Å². The lowest BCUT2D eigenvalue weighted by Crippen LogP contribution is -2.19. The van der Waals surface area contributed by atoms with Crippen molar-refractivity contribution in [2.45, 2.75) is 0 Å². The molecular weight excluding hydrogens is 482 g/mol. The minimum absolute atomic E-state index is 0.285. The average molecular weight is 498 g/mol. The van der Waals surface area contributed by atoms with Gasteiger partial charge in [0.1, 0.15) is 11.4 Å². The third kappa shape index (κ3) is 5.07. The summed E-state index contributed by atoms with van der Waals surface area (Å²) in [6, 6.07) is 18.0.